The minimum absolute atomic E-state index is 0.0815. The Morgan fingerprint density at radius 2 is 2.39 bits per heavy atom. The van der Waals surface area contributed by atoms with Gasteiger partial charge in [-0.2, -0.15) is 0 Å². The Kier molecular flexibility index (Phi) is 2.83. The third-order valence-electron chi connectivity index (χ3n) is 3.38. The van der Waals surface area contributed by atoms with Gasteiger partial charge in [0.1, 0.15) is 11.2 Å². The van der Waals surface area contributed by atoms with Gasteiger partial charge < -0.3 is 5.32 Å². The molecule has 0 saturated carbocycles. The van der Waals surface area contributed by atoms with Gasteiger partial charge in [0.15, 0.2) is 0 Å². The van der Waals surface area contributed by atoms with Crippen molar-refractivity contribution in [1.82, 2.24) is 14.9 Å². The quantitative estimate of drug-likeness (QED) is 0.869. The van der Waals surface area contributed by atoms with Crippen LogP contribution in [0.1, 0.15) is 12.8 Å². The van der Waals surface area contributed by atoms with Crippen molar-refractivity contribution in [2.45, 2.75) is 25.4 Å². The van der Waals surface area contributed by atoms with Crippen molar-refractivity contribution in [3.05, 3.63) is 40.7 Å². The van der Waals surface area contributed by atoms with Gasteiger partial charge in [-0.15, -0.1) is 0 Å². The Labute approximate surface area is 103 Å². The second-order valence-electron chi connectivity index (χ2n) is 4.63. The molecule has 0 spiro atoms. The molecule has 0 amide bonds. The van der Waals surface area contributed by atoms with Crippen LogP contribution in [0.4, 0.5) is 4.39 Å². The van der Waals surface area contributed by atoms with E-state index < -0.39 is 5.82 Å². The highest BCUT2D eigenvalue weighted by Crippen LogP contribution is 2.11. The number of rotatable bonds is 2. The lowest BCUT2D eigenvalue weighted by atomic mass is 10.2. The summed E-state index contributed by atoms with van der Waals surface area (Å²) in [6, 6.07) is 4.79. The van der Waals surface area contributed by atoms with Gasteiger partial charge in [0.25, 0.3) is 5.56 Å². The van der Waals surface area contributed by atoms with Gasteiger partial charge in [-0.05, 0) is 31.5 Å². The molecule has 1 aromatic heterocycles. The fraction of sp³-hybridized carbons (Fsp3) is 0.385. The first kappa shape index (κ1) is 11.3. The monoisotopic (exact) mass is 247 g/mol. The number of hydrogen-bond donors (Lipinski definition) is 1. The van der Waals surface area contributed by atoms with E-state index in [1.807, 2.05) is 0 Å². The summed E-state index contributed by atoms with van der Waals surface area (Å²) in [6.07, 6.45) is 3.67. The molecule has 2 heterocycles. The molecule has 0 aliphatic carbocycles. The summed E-state index contributed by atoms with van der Waals surface area (Å²) in [6.45, 7) is 1.53. The van der Waals surface area contributed by atoms with Gasteiger partial charge in [0.2, 0.25) is 0 Å². The van der Waals surface area contributed by atoms with Crippen molar-refractivity contribution < 1.29 is 4.39 Å². The molecule has 1 aromatic carbocycles. The first-order valence-electron chi connectivity index (χ1n) is 6.13. The normalized spacial score (nSPS) is 19.5. The highest BCUT2D eigenvalue weighted by molar-refractivity contribution is 5.77. The van der Waals surface area contributed by atoms with Crippen molar-refractivity contribution in [3.63, 3.8) is 0 Å². The molecule has 1 aliphatic heterocycles. The lowest BCUT2D eigenvalue weighted by Gasteiger charge is -2.12. The summed E-state index contributed by atoms with van der Waals surface area (Å²) in [5, 5.41) is 3.40. The molecule has 2 aromatic rings. The fourth-order valence-electron chi connectivity index (χ4n) is 2.44. The van der Waals surface area contributed by atoms with Gasteiger partial charge in [0, 0.05) is 12.6 Å². The molecule has 1 saturated heterocycles. The van der Waals surface area contributed by atoms with E-state index in [0.29, 0.717) is 12.1 Å². The minimum atomic E-state index is -0.501. The van der Waals surface area contributed by atoms with Gasteiger partial charge in [-0.3, -0.25) is 9.36 Å². The molecule has 18 heavy (non-hydrogen) atoms. The zero-order valence-corrected chi connectivity index (χ0v) is 9.90. The molecule has 1 unspecified atom stereocenters. The number of halogens is 1. The van der Waals surface area contributed by atoms with E-state index >= 15 is 0 Å². The molecule has 1 atom stereocenters. The van der Waals surface area contributed by atoms with Crippen molar-refractivity contribution in [3.8, 4) is 0 Å². The molecule has 5 heteroatoms. The van der Waals surface area contributed by atoms with Crippen molar-refractivity contribution >= 4 is 10.9 Å². The van der Waals surface area contributed by atoms with E-state index in [1.165, 1.54) is 17.0 Å². The smallest absolute Gasteiger partial charge is 0.264 e. The molecule has 0 bridgehead atoms. The Morgan fingerprint density at radius 3 is 3.17 bits per heavy atom. The third kappa shape index (κ3) is 1.90. The summed E-state index contributed by atoms with van der Waals surface area (Å²) in [7, 11) is 0. The predicted octanol–water partition coefficient (Wildman–Crippen LogP) is 1.29. The summed E-state index contributed by atoms with van der Waals surface area (Å²) >= 11 is 0. The van der Waals surface area contributed by atoms with Gasteiger partial charge in [-0.25, -0.2) is 9.37 Å². The number of fused-ring (bicyclic) bond motifs is 1. The first-order chi connectivity index (χ1) is 8.75. The molecule has 1 aliphatic rings. The number of hydrogen-bond acceptors (Lipinski definition) is 3. The SMILES string of the molecule is O=c1c2c(F)cccc2ncn1CC1CCCN1. The number of nitrogens with one attached hydrogen (secondary N) is 1. The molecule has 1 fully saturated rings. The van der Waals surface area contributed by atoms with Crippen LogP contribution in [0.15, 0.2) is 29.3 Å². The summed E-state index contributed by atoms with van der Waals surface area (Å²) in [5.41, 5.74) is 0.113. The topological polar surface area (TPSA) is 46.9 Å². The highest BCUT2D eigenvalue weighted by Gasteiger charge is 2.16. The van der Waals surface area contributed by atoms with Crippen LogP contribution in [0.25, 0.3) is 10.9 Å². The summed E-state index contributed by atoms with van der Waals surface area (Å²) in [5.74, 6) is -0.501. The second kappa shape index (κ2) is 4.49. The zero-order valence-electron chi connectivity index (χ0n) is 9.90. The Morgan fingerprint density at radius 1 is 1.50 bits per heavy atom. The lowest BCUT2D eigenvalue weighted by molar-refractivity contribution is 0.496. The number of nitrogens with zero attached hydrogens (tertiary/aromatic N) is 2. The van der Waals surface area contributed by atoms with Gasteiger partial charge >= 0.3 is 0 Å². The van der Waals surface area contributed by atoms with Crippen LogP contribution in [-0.2, 0) is 6.54 Å². The average Bonchev–Trinajstić information content (AvgIpc) is 2.86. The van der Waals surface area contributed by atoms with Crippen LogP contribution in [0.3, 0.4) is 0 Å². The van der Waals surface area contributed by atoms with Crippen molar-refractivity contribution in [2.75, 3.05) is 6.54 Å². The van der Waals surface area contributed by atoms with Crippen LogP contribution in [-0.4, -0.2) is 22.1 Å². The van der Waals surface area contributed by atoms with Gasteiger partial charge in [-0.1, -0.05) is 6.07 Å². The molecular formula is C13H14FN3O. The standard InChI is InChI=1S/C13H14FN3O/c14-10-4-1-5-11-12(10)13(18)17(8-16-11)7-9-3-2-6-15-9/h1,4-5,8-9,15H,2-3,6-7H2. The van der Waals surface area contributed by atoms with Crippen LogP contribution in [0, 0.1) is 5.82 Å². The van der Waals surface area contributed by atoms with E-state index in [2.05, 4.69) is 10.3 Å². The summed E-state index contributed by atoms with van der Waals surface area (Å²) < 4.78 is 15.2. The third-order valence-corrected chi connectivity index (χ3v) is 3.38. The van der Waals surface area contributed by atoms with Gasteiger partial charge in [0.05, 0.1) is 11.8 Å². The number of aromatic nitrogens is 2. The average molecular weight is 247 g/mol. The maximum absolute atomic E-state index is 13.7. The van der Waals surface area contributed by atoms with Crippen LogP contribution in [0.2, 0.25) is 0 Å². The second-order valence-corrected chi connectivity index (χ2v) is 4.63. The Bertz CT molecular complexity index is 632. The van der Waals surface area contributed by atoms with Crippen LogP contribution < -0.4 is 10.9 Å². The van der Waals surface area contributed by atoms with E-state index in [9.17, 15) is 9.18 Å². The number of benzene rings is 1. The molecule has 94 valence electrons. The zero-order chi connectivity index (χ0) is 12.5. The van der Waals surface area contributed by atoms with Crippen molar-refractivity contribution in [2.24, 2.45) is 0 Å². The van der Waals surface area contributed by atoms with E-state index in [-0.39, 0.29) is 17.0 Å². The van der Waals surface area contributed by atoms with Crippen LogP contribution >= 0.6 is 0 Å². The van der Waals surface area contributed by atoms with Crippen molar-refractivity contribution in [1.29, 1.82) is 0 Å². The maximum atomic E-state index is 13.7. The Balaban J connectivity index is 2.05. The lowest BCUT2D eigenvalue weighted by Crippen LogP contribution is -2.32. The van der Waals surface area contributed by atoms with E-state index in [4.69, 9.17) is 0 Å². The molecule has 1 N–H and O–H groups in total. The van der Waals surface area contributed by atoms with E-state index in [1.54, 1.807) is 12.1 Å². The minimum Gasteiger partial charge on any atom is -0.312 e. The largest absolute Gasteiger partial charge is 0.312 e. The predicted molar refractivity (Wildman–Crippen MR) is 67.0 cm³/mol. The highest BCUT2D eigenvalue weighted by atomic mass is 19.1. The fourth-order valence-corrected chi connectivity index (χ4v) is 2.44. The molecule has 3 rings (SSSR count). The summed E-state index contributed by atoms with van der Waals surface area (Å²) in [4.78, 5) is 16.3. The Hall–Kier alpha value is -1.75. The first-order valence-corrected chi connectivity index (χ1v) is 6.13. The molecular weight excluding hydrogens is 233 g/mol. The maximum Gasteiger partial charge on any atom is 0.264 e. The molecule has 0 radical (unpaired) electrons. The van der Waals surface area contributed by atoms with E-state index in [0.717, 1.165) is 19.4 Å². The van der Waals surface area contributed by atoms with Crippen LogP contribution in [0.5, 0.6) is 0 Å². The molecule has 4 nitrogen and oxygen atoms in total.